The fourth-order valence-electron chi connectivity index (χ4n) is 1.08. The third-order valence-corrected chi connectivity index (χ3v) is 1.73. The fraction of sp³-hybridized carbons (Fsp3) is 0.167. The molecule has 0 saturated heterocycles. The van der Waals surface area contributed by atoms with Crippen LogP contribution in [-0.4, -0.2) is 10.1 Å². The van der Waals surface area contributed by atoms with E-state index in [1.807, 2.05) is 12.3 Å². The molecule has 0 amide bonds. The number of aromatic nitrogens is 3. The van der Waals surface area contributed by atoms with Crippen molar-refractivity contribution in [3.63, 3.8) is 0 Å². The molecule has 11 heavy (non-hydrogen) atoms. The van der Waals surface area contributed by atoms with Crippen LogP contribution in [0.2, 0.25) is 0 Å². The Bertz CT molecular complexity index is 510. The van der Waals surface area contributed by atoms with Crippen LogP contribution in [0.25, 0.3) is 6.08 Å². The van der Waals surface area contributed by atoms with Crippen molar-refractivity contribution in [1.29, 1.82) is 0 Å². The maximum absolute atomic E-state index is 11.1. The third-order valence-electron chi connectivity index (χ3n) is 1.54. The van der Waals surface area contributed by atoms with Crippen LogP contribution in [0.5, 0.6) is 0 Å². The minimum Gasteiger partial charge on any atom is -0.289 e. The molecule has 1 aromatic rings. The number of hydrogen-bond acceptors (Lipinski definition) is 2. The molecule has 0 radical (unpaired) electrons. The van der Waals surface area contributed by atoms with Gasteiger partial charge in [0.2, 0.25) is 4.77 Å². The number of nitrogens with one attached hydrogen (secondary N) is 2. The zero-order chi connectivity index (χ0) is 7.84. The molecule has 4 nitrogen and oxygen atoms in total. The number of hydrogen-bond donors (Lipinski definition) is 2. The van der Waals surface area contributed by atoms with Gasteiger partial charge in [0, 0.05) is 6.08 Å². The van der Waals surface area contributed by atoms with E-state index in [1.165, 1.54) is 0 Å². The van der Waals surface area contributed by atoms with Gasteiger partial charge < -0.3 is 0 Å². The molecule has 2 heterocycles. The van der Waals surface area contributed by atoms with Crippen LogP contribution >= 0.6 is 12.2 Å². The van der Waals surface area contributed by atoms with Crippen LogP contribution in [0.1, 0.15) is 6.42 Å². The summed E-state index contributed by atoms with van der Waals surface area (Å²) >= 11 is 4.77. The van der Waals surface area contributed by atoms with Crippen LogP contribution in [0.4, 0.5) is 0 Å². The number of fused-ring (bicyclic) bond motifs is 1. The Morgan fingerprint density at radius 2 is 2.45 bits per heavy atom. The van der Waals surface area contributed by atoms with Crippen molar-refractivity contribution >= 4 is 18.3 Å². The van der Waals surface area contributed by atoms with E-state index in [1.54, 1.807) is 4.36 Å². The summed E-state index contributed by atoms with van der Waals surface area (Å²) < 4.78 is 1.99. The summed E-state index contributed by atoms with van der Waals surface area (Å²) in [4.78, 5) is 13.6. The fourth-order valence-corrected chi connectivity index (χ4v) is 1.27. The molecule has 0 fully saturated rings. The van der Waals surface area contributed by atoms with Gasteiger partial charge in [0.05, 0.1) is 6.42 Å². The first-order valence-corrected chi connectivity index (χ1v) is 3.63. The lowest BCUT2D eigenvalue weighted by atomic mass is 10.4. The molecule has 5 heteroatoms. The van der Waals surface area contributed by atoms with Gasteiger partial charge in [-0.15, -0.1) is 5.10 Å². The van der Waals surface area contributed by atoms with Gasteiger partial charge >= 0.3 is 5.56 Å². The Kier molecular flexibility index (Phi) is 1.25. The van der Waals surface area contributed by atoms with E-state index in [9.17, 15) is 4.79 Å². The monoisotopic (exact) mass is 168 g/mol. The van der Waals surface area contributed by atoms with E-state index in [4.69, 9.17) is 12.2 Å². The largest absolute Gasteiger partial charge is 0.324 e. The van der Waals surface area contributed by atoms with Gasteiger partial charge in [-0.05, 0) is 12.2 Å². The zero-order valence-corrected chi connectivity index (χ0v) is 6.44. The normalized spacial score (nSPS) is 13.5. The molecule has 0 aromatic carbocycles. The molecule has 1 aliphatic heterocycles. The van der Waals surface area contributed by atoms with Gasteiger partial charge in [0.1, 0.15) is 0 Å². The molecule has 0 saturated carbocycles. The number of aromatic amines is 2. The molecule has 0 aliphatic carbocycles. The molecule has 0 spiro atoms. The topological polar surface area (TPSA) is 54.5 Å². The Balaban J connectivity index is 3.17. The number of nitrogens with zero attached hydrogens (tertiary/aromatic N) is 1. The number of H-pyrrole nitrogens is 2. The molecular formula is C6H6N3OS+. The van der Waals surface area contributed by atoms with E-state index in [0.29, 0.717) is 10.1 Å². The lowest BCUT2D eigenvalue weighted by Crippen LogP contribution is -2.49. The summed E-state index contributed by atoms with van der Waals surface area (Å²) in [6, 6.07) is 0. The lowest BCUT2D eigenvalue weighted by molar-refractivity contribution is -0.591. The second-order valence-electron chi connectivity index (χ2n) is 2.27. The molecule has 0 unspecified atom stereocenters. The Morgan fingerprint density at radius 1 is 1.64 bits per heavy atom. The summed E-state index contributed by atoms with van der Waals surface area (Å²) in [6.07, 6.45) is 4.48. The van der Waals surface area contributed by atoms with E-state index in [0.717, 1.165) is 6.42 Å². The van der Waals surface area contributed by atoms with Crippen LogP contribution in [0, 0.1) is 11.0 Å². The second-order valence-corrected chi connectivity index (χ2v) is 2.68. The maximum atomic E-state index is 11.1. The first-order valence-electron chi connectivity index (χ1n) is 3.22. The van der Waals surface area contributed by atoms with Gasteiger partial charge in [-0.2, -0.15) is 0 Å². The second kappa shape index (κ2) is 2.13. The van der Waals surface area contributed by atoms with Crippen molar-refractivity contribution < 1.29 is 4.36 Å². The third kappa shape index (κ3) is 0.932. The SMILES string of the molecule is O=c1[nH]c(=S)[nH][n+]2c1=CCC=2. The Labute approximate surface area is 66.5 Å². The molecule has 2 N–H and O–H groups in total. The Morgan fingerprint density at radius 3 is 3.27 bits per heavy atom. The highest BCUT2D eigenvalue weighted by Crippen LogP contribution is 1.77. The summed E-state index contributed by atoms with van der Waals surface area (Å²) in [6.45, 7) is 0. The molecule has 1 aliphatic rings. The van der Waals surface area contributed by atoms with E-state index in [-0.39, 0.29) is 5.56 Å². The van der Waals surface area contributed by atoms with Crippen LogP contribution in [-0.2, 0) is 0 Å². The van der Waals surface area contributed by atoms with E-state index in [2.05, 4.69) is 10.1 Å². The van der Waals surface area contributed by atoms with Gasteiger partial charge in [-0.3, -0.25) is 9.78 Å². The van der Waals surface area contributed by atoms with Crippen molar-refractivity contribution in [2.45, 2.75) is 6.42 Å². The highest BCUT2D eigenvalue weighted by atomic mass is 32.1. The summed E-state index contributed by atoms with van der Waals surface area (Å²) in [5.41, 5.74) is -0.137. The smallest absolute Gasteiger partial charge is 0.289 e. The minimum atomic E-state index is -0.137. The highest BCUT2D eigenvalue weighted by Gasteiger charge is 2.05. The zero-order valence-electron chi connectivity index (χ0n) is 5.63. The van der Waals surface area contributed by atoms with Crippen molar-refractivity contribution in [3.8, 4) is 0 Å². The predicted molar refractivity (Wildman–Crippen MR) is 40.8 cm³/mol. The van der Waals surface area contributed by atoms with Crippen LogP contribution < -0.4 is 15.3 Å². The van der Waals surface area contributed by atoms with Gasteiger partial charge in [-0.25, -0.2) is 0 Å². The van der Waals surface area contributed by atoms with Crippen molar-refractivity contribution in [2.24, 2.45) is 0 Å². The highest BCUT2D eigenvalue weighted by molar-refractivity contribution is 7.71. The maximum Gasteiger partial charge on any atom is 0.324 e. The van der Waals surface area contributed by atoms with Crippen LogP contribution in [0.15, 0.2) is 4.79 Å². The molecular weight excluding hydrogens is 162 g/mol. The minimum absolute atomic E-state index is 0.137. The number of rotatable bonds is 0. The average Bonchev–Trinajstić information content (AvgIpc) is 2.34. The summed E-state index contributed by atoms with van der Waals surface area (Å²) in [5.74, 6) is 0. The quantitative estimate of drug-likeness (QED) is 0.382. The standard InChI is InChI=1S/C6H5N3OS/c10-5-4-2-1-3-9(4)8-6(11)7-5/h2-3H,1H2,(H-,7,8,10,11)/p+1. The van der Waals surface area contributed by atoms with Crippen LogP contribution in [0.3, 0.4) is 0 Å². The Hall–Kier alpha value is -1.23. The van der Waals surface area contributed by atoms with E-state index >= 15 is 0 Å². The lowest BCUT2D eigenvalue weighted by Gasteiger charge is -1.77. The predicted octanol–water partition coefficient (Wildman–Crippen LogP) is -1.09. The van der Waals surface area contributed by atoms with Crippen molar-refractivity contribution in [2.75, 3.05) is 0 Å². The molecule has 0 atom stereocenters. The summed E-state index contributed by atoms with van der Waals surface area (Å²) in [7, 11) is 0. The summed E-state index contributed by atoms with van der Waals surface area (Å²) in [5, 5.41) is 3.44. The van der Waals surface area contributed by atoms with Gasteiger partial charge in [-0.1, -0.05) is 4.36 Å². The van der Waals surface area contributed by atoms with Crippen molar-refractivity contribution in [1.82, 2.24) is 10.1 Å². The first kappa shape index (κ1) is 6.48. The van der Waals surface area contributed by atoms with Gasteiger partial charge in [0.15, 0.2) is 6.21 Å². The molecule has 56 valence electrons. The molecule has 1 aromatic heterocycles. The van der Waals surface area contributed by atoms with Crippen molar-refractivity contribution in [3.05, 3.63) is 26.7 Å². The van der Waals surface area contributed by atoms with Gasteiger partial charge in [0.25, 0.3) is 5.35 Å². The first-order chi connectivity index (χ1) is 5.27. The molecule has 2 rings (SSSR count). The average molecular weight is 168 g/mol. The van der Waals surface area contributed by atoms with E-state index < -0.39 is 0 Å². The molecule has 0 bridgehead atoms.